The Hall–Kier alpha value is -2.72. The lowest BCUT2D eigenvalue weighted by molar-refractivity contribution is -0.135. The molecule has 1 unspecified atom stereocenters. The third-order valence-corrected chi connectivity index (χ3v) is 5.74. The van der Waals surface area contributed by atoms with Crippen molar-refractivity contribution in [3.63, 3.8) is 0 Å². The molecule has 1 fully saturated rings. The first-order valence-corrected chi connectivity index (χ1v) is 11.5. The molecule has 1 saturated heterocycles. The van der Waals surface area contributed by atoms with Gasteiger partial charge in [0.25, 0.3) is 0 Å². The Morgan fingerprint density at radius 1 is 1.27 bits per heavy atom. The summed E-state index contributed by atoms with van der Waals surface area (Å²) in [4.78, 5) is 44.3. The maximum Gasteiger partial charge on any atom is 0.341 e. The summed E-state index contributed by atoms with van der Waals surface area (Å²) in [5.74, 6) is -1.09. The number of carboxylic acids is 1. The first-order valence-electron chi connectivity index (χ1n) is 9.75. The summed E-state index contributed by atoms with van der Waals surface area (Å²) in [6, 6.07) is -0.497. The van der Waals surface area contributed by atoms with Gasteiger partial charge in [0.1, 0.15) is 24.6 Å². The quantitative estimate of drug-likeness (QED) is 0.187. The van der Waals surface area contributed by atoms with E-state index in [4.69, 9.17) is 14.4 Å². The molecule has 5 atom stereocenters. The average Bonchev–Trinajstić information content (AvgIpc) is 3.29. The zero-order valence-corrected chi connectivity index (χ0v) is 18.3. The number of ether oxygens (including phenoxy) is 1. The monoisotopic (exact) mass is 489 g/mol. The number of aliphatic hydroxyl groups excluding tert-OH is 2. The highest BCUT2D eigenvalue weighted by molar-refractivity contribution is 7.52. The van der Waals surface area contributed by atoms with Crippen LogP contribution in [0.2, 0.25) is 0 Å². The number of anilines is 1. The highest BCUT2D eigenvalue weighted by Gasteiger charge is 2.45. The van der Waals surface area contributed by atoms with E-state index in [1.807, 2.05) is 0 Å². The first-order chi connectivity index (χ1) is 15.6. The van der Waals surface area contributed by atoms with Crippen molar-refractivity contribution < 1.29 is 43.6 Å². The van der Waals surface area contributed by atoms with Crippen LogP contribution in [0.5, 0.6) is 0 Å². The average molecular weight is 489 g/mol. The molecule has 1 aliphatic heterocycles. The minimum Gasteiger partial charge on any atom is -0.480 e. The maximum absolute atomic E-state index is 12.0. The van der Waals surface area contributed by atoms with Crippen molar-refractivity contribution in [2.45, 2.75) is 31.5 Å². The minimum absolute atomic E-state index is 0.118. The van der Waals surface area contributed by atoms with Gasteiger partial charge in [0.05, 0.1) is 25.8 Å². The Balaban J connectivity index is 1.70. The maximum atomic E-state index is 12.0. The number of carbonyl (C=O) groups excluding carboxylic acids is 1. The molecule has 7 N–H and O–H groups in total. The standard InChI is InChI=1S/C16H24N7O9P/c1-2-18-16(28)22-13-10-14(20-5-19-13)23(6-21-10)15-12(27)11(26)8(32-15)4-31-33(29,30)7-17-3-9(24)25/h5-6,8,11-12,15,17,26-27H,2-4,7H2,1H3,(H,24,25)(H,29,30)(H2,18,19,20,22,28)/t8-,11+,12+,15-/m1/s1. The second-order valence-corrected chi connectivity index (χ2v) is 8.84. The summed E-state index contributed by atoms with van der Waals surface area (Å²) in [5, 5.41) is 36.7. The number of amides is 2. The number of carboxylic acid groups (broad SMARTS) is 1. The van der Waals surface area contributed by atoms with E-state index in [1.54, 1.807) is 6.92 Å². The van der Waals surface area contributed by atoms with Crippen molar-refractivity contribution in [3.8, 4) is 0 Å². The van der Waals surface area contributed by atoms with E-state index in [1.165, 1.54) is 17.2 Å². The van der Waals surface area contributed by atoms with Crippen molar-refractivity contribution in [1.29, 1.82) is 0 Å². The lowest BCUT2D eigenvalue weighted by Gasteiger charge is -2.18. The predicted molar refractivity (Wildman–Crippen MR) is 110 cm³/mol. The third-order valence-electron chi connectivity index (χ3n) is 4.57. The number of nitrogens with zero attached hydrogens (tertiary/aromatic N) is 4. The number of nitrogens with one attached hydrogen (secondary N) is 3. The number of rotatable bonds is 10. The Labute approximate surface area is 186 Å². The van der Waals surface area contributed by atoms with Gasteiger partial charge in [-0.05, 0) is 6.92 Å². The van der Waals surface area contributed by atoms with Crippen LogP contribution in [0.4, 0.5) is 10.6 Å². The largest absolute Gasteiger partial charge is 0.480 e. The molecule has 3 rings (SSSR count). The molecule has 0 aliphatic carbocycles. The molecular weight excluding hydrogens is 465 g/mol. The summed E-state index contributed by atoms with van der Waals surface area (Å²) in [5.41, 5.74) is 0.401. The first kappa shape index (κ1) is 24.9. The van der Waals surface area contributed by atoms with Gasteiger partial charge >= 0.3 is 19.6 Å². The second kappa shape index (κ2) is 10.5. The zero-order valence-electron chi connectivity index (χ0n) is 17.4. The van der Waals surface area contributed by atoms with Crippen molar-refractivity contribution in [1.82, 2.24) is 30.2 Å². The van der Waals surface area contributed by atoms with Crippen LogP contribution < -0.4 is 16.0 Å². The van der Waals surface area contributed by atoms with Crippen LogP contribution in [0.3, 0.4) is 0 Å². The molecule has 17 heteroatoms. The van der Waals surface area contributed by atoms with Gasteiger partial charge in [-0.2, -0.15) is 0 Å². The van der Waals surface area contributed by atoms with Crippen molar-refractivity contribution in [2.75, 3.05) is 31.3 Å². The topological polar surface area (TPSA) is 230 Å². The second-order valence-electron chi connectivity index (χ2n) is 6.99. The Bertz CT molecular complexity index is 1050. The fraction of sp³-hybridized carbons (Fsp3) is 0.562. The fourth-order valence-corrected chi connectivity index (χ4v) is 3.94. The number of hydrogen-bond acceptors (Lipinski definition) is 11. The molecule has 33 heavy (non-hydrogen) atoms. The van der Waals surface area contributed by atoms with Crippen LogP contribution in [-0.4, -0.2) is 96.0 Å². The molecule has 2 aromatic rings. The Morgan fingerprint density at radius 3 is 2.73 bits per heavy atom. The van der Waals surface area contributed by atoms with E-state index in [-0.39, 0.29) is 17.0 Å². The third kappa shape index (κ3) is 6.00. The van der Waals surface area contributed by atoms with Crippen LogP contribution in [-0.2, 0) is 18.6 Å². The molecule has 0 bridgehead atoms. The van der Waals surface area contributed by atoms with Gasteiger partial charge in [0.2, 0.25) is 0 Å². The summed E-state index contributed by atoms with van der Waals surface area (Å²) >= 11 is 0. The van der Waals surface area contributed by atoms with Gasteiger partial charge in [-0.15, -0.1) is 0 Å². The SMILES string of the molecule is CCNC(=O)Nc1ncnc2c1ncn2[C@@H]1O[C@H](COP(=O)(O)CNCC(=O)O)[C@H](O)[C@@H]1O. The number of aliphatic carboxylic acids is 1. The van der Waals surface area contributed by atoms with Gasteiger partial charge < -0.3 is 34.8 Å². The number of imidazole rings is 1. The molecule has 182 valence electrons. The van der Waals surface area contributed by atoms with E-state index in [0.717, 1.165) is 0 Å². The van der Waals surface area contributed by atoms with Crippen LogP contribution in [0.1, 0.15) is 13.2 Å². The number of fused-ring (bicyclic) bond motifs is 1. The number of hydrogen-bond donors (Lipinski definition) is 7. The molecule has 0 saturated carbocycles. The summed E-state index contributed by atoms with van der Waals surface area (Å²) in [7, 11) is -4.23. The van der Waals surface area contributed by atoms with Crippen molar-refractivity contribution in [2.24, 2.45) is 0 Å². The van der Waals surface area contributed by atoms with Crippen molar-refractivity contribution >= 4 is 36.6 Å². The van der Waals surface area contributed by atoms with Gasteiger partial charge in [-0.3, -0.25) is 24.6 Å². The molecule has 1 aliphatic rings. The van der Waals surface area contributed by atoms with Gasteiger partial charge in [-0.1, -0.05) is 0 Å². The van der Waals surface area contributed by atoms with E-state index >= 15 is 0 Å². The van der Waals surface area contributed by atoms with Crippen LogP contribution in [0.25, 0.3) is 11.2 Å². The van der Waals surface area contributed by atoms with Crippen molar-refractivity contribution in [3.05, 3.63) is 12.7 Å². The Morgan fingerprint density at radius 2 is 2.03 bits per heavy atom. The smallest absolute Gasteiger partial charge is 0.341 e. The van der Waals surface area contributed by atoms with Gasteiger partial charge in [0, 0.05) is 6.54 Å². The predicted octanol–water partition coefficient (Wildman–Crippen LogP) is -1.58. The summed E-state index contributed by atoms with van der Waals surface area (Å²) in [6.07, 6.45) is -3.47. The molecule has 0 radical (unpaired) electrons. The lowest BCUT2D eigenvalue weighted by atomic mass is 10.1. The number of aliphatic hydroxyl groups is 2. The molecule has 2 amide bonds. The van der Waals surface area contributed by atoms with E-state index in [0.29, 0.717) is 6.54 Å². The molecule has 0 spiro atoms. The zero-order chi connectivity index (χ0) is 24.2. The van der Waals surface area contributed by atoms with Crippen LogP contribution >= 0.6 is 7.60 Å². The lowest BCUT2D eigenvalue weighted by Crippen LogP contribution is -2.34. The summed E-state index contributed by atoms with van der Waals surface area (Å²) < 4.78 is 23.9. The normalized spacial score (nSPS) is 24.5. The molecular formula is C16H24N7O9P. The molecule has 0 aromatic carbocycles. The number of aromatic nitrogens is 4. The van der Waals surface area contributed by atoms with Gasteiger partial charge in [0.15, 0.2) is 23.2 Å². The highest BCUT2D eigenvalue weighted by atomic mass is 31.2. The van der Waals surface area contributed by atoms with E-state index < -0.39 is 63.6 Å². The van der Waals surface area contributed by atoms with Crippen LogP contribution in [0, 0.1) is 0 Å². The number of carbonyl (C=O) groups is 2. The van der Waals surface area contributed by atoms with Gasteiger partial charge in [-0.25, -0.2) is 19.7 Å². The highest BCUT2D eigenvalue weighted by Crippen LogP contribution is 2.42. The Kier molecular flexibility index (Phi) is 7.91. The summed E-state index contributed by atoms with van der Waals surface area (Å²) in [6.45, 7) is 1.05. The number of urea groups is 1. The van der Waals surface area contributed by atoms with E-state index in [2.05, 4.69) is 30.9 Å². The molecule has 3 heterocycles. The molecule has 2 aromatic heterocycles. The minimum atomic E-state index is -4.23. The fourth-order valence-electron chi connectivity index (χ4n) is 3.08. The van der Waals surface area contributed by atoms with E-state index in [9.17, 15) is 29.3 Å². The molecule has 16 nitrogen and oxygen atoms in total. The van der Waals surface area contributed by atoms with Crippen LogP contribution in [0.15, 0.2) is 12.7 Å².